The Balaban J connectivity index is 2.30. The quantitative estimate of drug-likeness (QED) is 0.841. The van der Waals surface area contributed by atoms with E-state index < -0.39 is 0 Å². The van der Waals surface area contributed by atoms with Gasteiger partial charge in [-0.25, -0.2) is 0 Å². The van der Waals surface area contributed by atoms with E-state index in [2.05, 4.69) is 56.3 Å². The standard InChI is InChI=1S/C16H19N3/c1-12(18(2)3)13-5-7-14(8-6-13)15-9-16(10-17)19(4)11-15/h5-9,11-12H,1-4H3/t12-/m1/s1. The molecule has 3 heteroatoms. The van der Waals surface area contributed by atoms with E-state index in [1.54, 1.807) is 0 Å². The van der Waals surface area contributed by atoms with Crippen molar-refractivity contribution in [1.82, 2.24) is 9.47 Å². The first-order valence-corrected chi connectivity index (χ1v) is 6.36. The number of rotatable bonds is 3. The largest absolute Gasteiger partial charge is 0.342 e. The fraction of sp³-hybridized carbons (Fsp3) is 0.312. The van der Waals surface area contributed by atoms with Crippen LogP contribution >= 0.6 is 0 Å². The van der Waals surface area contributed by atoms with Gasteiger partial charge in [-0.05, 0) is 38.2 Å². The number of hydrogen-bond acceptors (Lipinski definition) is 2. The molecular formula is C16H19N3. The van der Waals surface area contributed by atoms with Gasteiger partial charge in [-0.15, -0.1) is 0 Å². The lowest BCUT2D eigenvalue weighted by Crippen LogP contribution is -2.16. The number of nitriles is 1. The van der Waals surface area contributed by atoms with E-state index in [4.69, 9.17) is 5.26 Å². The molecule has 1 atom stereocenters. The number of hydrogen-bond donors (Lipinski definition) is 0. The van der Waals surface area contributed by atoms with Crippen LogP contribution in [0, 0.1) is 11.3 Å². The SMILES string of the molecule is C[C@H](c1ccc(-c2cc(C#N)n(C)c2)cc1)N(C)C. The molecule has 0 unspecified atom stereocenters. The number of aryl methyl sites for hydroxylation is 1. The average Bonchev–Trinajstić information content (AvgIpc) is 2.79. The Labute approximate surface area is 114 Å². The third-order valence-electron chi connectivity index (χ3n) is 3.62. The molecule has 1 aromatic heterocycles. The zero-order chi connectivity index (χ0) is 14.0. The first-order valence-electron chi connectivity index (χ1n) is 6.36. The van der Waals surface area contributed by atoms with Crippen LogP contribution in [0.4, 0.5) is 0 Å². The highest BCUT2D eigenvalue weighted by Gasteiger charge is 2.09. The van der Waals surface area contributed by atoms with Gasteiger partial charge >= 0.3 is 0 Å². The predicted molar refractivity (Wildman–Crippen MR) is 77.7 cm³/mol. The van der Waals surface area contributed by atoms with Gasteiger partial charge in [0.2, 0.25) is 0 Å². The molecule has 0 radical (unpaired) electrons. The average molecular weight is 253 g/mol. The molecule has 0 fully saturated rings. The van der Waals surface area contributed by atoms with Crippen LogP contribution in [0.5, 0.6) is 0 Å². The zero-order valence-corrected chi connectivity index (χ0v) is 11.9. The van der Waals surface area contributed by atoms with Crippen molar-refractivity contribution in [2.24, 2.45) is 7.05 Å². The summed E-state index contributed by atoms with van der Waals surface area (Å²) < 4.78 is 1.85. The summed E-state index contributed by atoms with van der Waals surface area (Å²) in [6.07, 6.45) is 1.99. The molecule has 0 N–H and O–H groups in total. The van der Waals surface area contributed by atoms with Crippen LogP contribution in [0.3, 0.4) is 0 Å². The number of aromatic nitrogens is 1. The van der Waals surface area contributed by atoms with E-state index in [0.717, 1.165) is 11.1 Å². The lowest BCUT2D eigenvalue weighted by Gasteiger charge is -2.20. The second-order valence-corrected chi connectivity index (χ2v) is 5.10. The smallest absolute Gasteiger partial charge is 0.120 e. The van der Waals surface area contributed by atoms with Crippen LogP contribution in [0.2, 0.25) is 0 Å². The van der Waals surface area contributed by atoms with Crippen LogP contribution in [-0.2, 0) is 7.05 Å². The molecule has 3 nitrogen and oxygen atoms in total. The minimum Gasteiger partial charge on any atom is -0.342 e. The molecule has 19 heavy (non-hydrogen) atoms. The second-order valence-electron chi connectivity index (χ2n) is 5.10. The van der Waals surface area contributed by atoms with Crippen LogP contribution in [0.15, 0.2) is 36.5 Å². The summed E-state index contributed by atoms with van der Waals surface area (Å²) in [5.74, 6) is 0. The van der Waals surface area contributed by atoms with Crippen LogP contribution in [0.25, 0.3) is 11.1 Å². The van der Waals surface area contributed by atoms with Crippen LogP contribution < -0.4 is 0 Å². The molecule has 0 aliphatic carbocycles. The van der Waals surface area contributed by atoms with Crippen molar-refractivity contribution in [3.05, 3.63) is 47.8 Å². The van der Waals surface area contributed by atoms with E-state index in [0.29, 0.717) is 11.7 Å². The molecule has 0 saturated heterocycles. The van der Waals surface area contributed by atoms with Crippen molar-refractivity contribution in [1.29, 1.82) is 5.26 Å². The fourth-order valence-corrected chi connectivity index (χ4v) is 2.09. The van der Waals surface area contributed by atoms with E-state index in [1.807, 2.05) is 23.9 Å². The molecule has 2 aromatic rings. The van der Waals surface area contributed by atoms with Crippen molar-refractivity contribution in [2.45, 2.75) is 13.0 Å². The molecule has 0 aliphatic rings. The highest BCUT2D eigenvalue weighted by atomic mass is 15.1. The molecule has 0 bridgehead atoms. The van der Waals surface area contributed by atoms with Gasteiger partial charge in [-0.1, -0.05) is 24.3 Å². The lowest BCUT2D eigenvalue weighted by atomic mass is 10.0. The van der Waals surface area contributed by atoms with Gasteiger partial charge < -0.3 is 9.47 Å². The topological polar surface area (TPSA) is 32.0 Å². The van der Waals surface area contributed by atoms with Gasteiger partial charge in [0.15, 0.2) is 0 Å². The third-order valence-corrected chi connectivity index (χ3v) is 3.62. The molecular weight excluding hydrogens is 234 g/mol. The maximum atomic E-state index is 8.98. The van der Waals surface area contributed by atoms with Crippen LogP contribution in [0.1, 0.15) is 24.2 Å². The van der Waals surface area contributed by atoms with E-state index in [-0.39, 0.29) is 0 Å². The van der Waals surface area contributed by atoms with Crippen molar-refractivity contribution in [3.8, 4) is 17.2 Å². The molecule has 1 heterocycles. The van der Waals surface area contributed by atoms with Gasteiger partial charge in [-0.2, -0.15) is 5.26 Å². The second kappa shape index (κ2) is 5.29. The van der Waals surface area contributed by atoms with E-state index >= 15 is 0 Å². The first-order chi connectivity index (χ1) is 9.02. The molecule has 0 aliphatic heterocycles. The van der Waals surface area contributed by atoms with E-state index in [1.165, 1.54) is 5.56 Å². The minimum absolute atomic E-state index is 0.402. The zero-order valence-electron chi connectivity index (χ0n) is 11.9. The van der Waals surface area contributed by atoms with Gasteiger partial charge in [0.1, 0.15) is 11.8 Å². The van der Waals surface area contributed by atoms with Crippen molar-refractivity contribution in [3.63, 3.8) is 0 Å². The molecule has 0 amide bonds. The maximum absolute atomic E-state index is 8.98. The molecule has 0 spiro atoms. The third kappa shape index (κ3) is 2.69. The maximum Gasteiger partial charge on any atom is 0.120 e. The van der Waals surface area contributed by atoms with Gasteiger partial charge in [0.05, 0.1) is 0 Å². The highest BCUT2D eigenvalue weighted by Crippen LogP contribution is 2.24. The molecule has 0 saturated carbocycles. The molecule has 1 aromatic carbocycles. The summed E-state index contributed by atoms with van der Waals surface area (Å²) in [5.41, 5.74) is 4.21. The molecule has 2 rings (SSSR count). The lowest BCUT2D eigenvalue weighted by molar-refractivity contribution is 0.321. The Morgan fingerprint density at radius 2 is 1.79 bits per heavy atom. The highest BCUT2D eigenvalue weighted by molar-refractivity contribution is 5.65. The Bertz CT molecular complexity index is 600. The Morgan fingerprint density at radius 3 is 2.26 bits per heavy atom. The predicted octanol–water partition coefficient (Wildman–Crippen LogP) is 3.19. The monoisotopic (exact) mass is 253 g/mol. The fourth-order valence-electron chi connectivity index (χ4n) is 2.09. The summed E-state index contributed by atoms with van der Waals surface area (Å²) in [5, 5.41) is 8.98. The van der Waals surface area contributed by atoms with E-state index in [9.17, 15) is 0 Å². The van der Waals surface area contributed by atoms with Gasteiger partial charge in [0, 0.05) is 24.8 Å². The molecule has 98 valence electrons. The van der Waals surface area contributed by atoms with Crippen molar-refractivity contribution >= 4 is 0 Å². The summed E-state index contributed by atoms with van der Waals surface area (Å²) in [6, 6.07) is 13.0. The number of benzene rings is 1. The summed E-state index contributed by atoms with van der Waals surface area (Å²) in [6.45, 7) is 2.19. The van der Waals surface area contributed by atoms with Gasteiger partial charge in [-0.3, -0.25) is 0 Å². The summed E-state index contributed by atoms with van der Waals surface area (Å²) in [4.78, 5) is 2.19. The normalized spacial score (nSPS) is 12.4. The first kappa shape index (κ1) is 13.4. The Hall–Kier alpha value is -2.05. The Morgan fingerprint density at radius 1 is 1.16 bits per heavy atom. The minimum atomic E-state index is 0.402. The van der Waals surface area contributed by atoms with Crippen LogP contribution in [-0.4, -0.2) is 23.6 Å². The van der Waals surface area contributed by atoms with Crippen molar-refractivity contribution < 1.29 is 0 Å². The number of nitrogens with zero attached hydrogens (tertiary/aromatic N) is 3. The Kier molecular flexibility index (Phi) is 3.73. The summed E-state index contributed by atoms with van der Waals surface area (Å²) in [7, 11) is 6.05. The summed E-state index contributed by atoms with van der Waals surface area (Å²) >= 11 is 0. The van der Waals surface area contributed by atoms with Crippen molar-refractivity contribution in [2.75, 3.05) is 14.1 Å². The van der Waals surface area contributed by atoms with Gasteiger partial charge in [0.25, 0.3) is 0 Å².